The zero-order valence-corrected chi connectivity index (χ0v) is 14.7. The Morgan fingerprint density at radius 1 is 1.04 bits per heavy atom. The minimum atomic E-state index is -0.166. The second-order valence-electron chi connectivity index (χ2n) is 5.93. The third-order valence-corrected chi connectivity index (χ3v) is 4.09. The van der Waals surface area contributed by atoms with E-state index < -0.39 is 0 Å². The van der Waals surface area contributed by atoms with Crippen molar-refractivity contribution in [2.75, 3.05) is 14.2 Å². The molecule has 4 heteroatoms. The van der Waals surface area contributed by atoms with Crippen LogP contribution < -0.4 is 14.8 Å². The number of carbonyl (C=O) groups excluding carboxylic acids is 1. The summed E-state index contributed by atoms with van der Waals surface area (Å²) in [5.41, 5.74) is 2.06. The first-order chi connectivity index (χ1) is 11.5. The number of hydrogen-bond donors (Lipinski definition) is 1. The van der Waals surface area contributed by atoms with E-state index >= 15 is 0 Å². The van der Waals surface area contributed by atoms with Crippen molar-refractivity contribution in [3.8, 4) is 11.5 Å². The zero-order valence-electron chi connectivity index (χ0n) is 14.7. The lowest BCUT2D eigenvalue weighted by Crippen LogP contribution is -2.32. The Hall–Kier alpha value is -2.49. The lowest BCUT2D eigenvalue weighted by Gasteiger charge is -2.20. The summed E-state index contributed by atoms with van der Waals surface area (Å²) in [5.74, 6) is 1.39. The normalized spacial score (nSPS) is 13.0. The number of rotatable bonds is 7. The van der Waals surface area contributed by atoms with Crippen LogP contribution in [0.15, 0.2) is 48.5 Å². The monoisotopic (exact) mass is 327 g/mol. The number of carbonyl (C=O) groups is 1. The Morgan fingerprint density at radius 3 is 2.38 bits per heavy atom. The first kappa shape index (κ1) is 17.9. The van der Waals surface area contributed by atoms with Gasteiger partial charge in [0.15, 0.2) is 0 Å². The van der Waals surface area contributed by atoms with E-state index in [-0.39, 0.29) is 17.9 Å². The van der Waals surface area contributed by atoms with Crippen LogP contribution in [0.25, 0.3) is 0 Å². The van der Waals surface area contributed by atoms with Crippen LogP contribution in [0.1, 0.15) is 31.0 Å². The average Bonchev–Trinajstić information content (AvgIpc) is 2.61. The molecular weight excluding hydrogens is 302 g/mol. The molecule has 1 N–H and O–H groups in total. The fourth-order valence-electron chi connectivity index (χ4n) is 2.67. The second kappa shape index (κ2) is 8.39. The van der Waals surface area contributed by atoms with Crippen LogP contribution in [0.4, 0.5) is 0 Å². The highest BCUT2D eigenvalue weighted by Gasteiger charge is 2.19. The van der Waals surface area contributed by atoms with Gasteiger partial charge in [0.25, 0.3) is 0 Å². The molecule has 2 aromatic rings. The van der Waals surface area contributed by atoms with Crippen molar-refractivity contribution in [2.45, 2.75) is 26.3 Å². The van der Waals surface area contributed by atoms with Crippen molar-refractivity contribution in [3.05, 3.63) is 59.7 Å². The summed E-state index contributed by atoms with van der Waals surface area (Å²) in [6.45, 7) is 3.89. The number of ether oxygens (including phenoxy) is 2. The third-order valence-electron chi connectivity index (χ3n) is 4.09. The quantitative estimate of drug-likeness (QED) is 0.842. The predicted octanol–water partition coefficient (Wildman–Crippen LogP) is 3.76. The molecule has 0 saturated carbocycles. The molecular formula is C20H25NO3. The molecule has 0 aromatic heterocycles. The van der Waals surface area contributed by atoms with Crippen LogP contribution in [-0.4, -0.2) is 20.1 Å². The van der Waals surface area contributed by atoms with Crippen LogP contribution in [0.2, 0.25) is 0 Å². The van der Waals surface area contributed by atoms with E-state index in [1.807, 2.05) is 62.4 Å². The Labute approximate surface area is 143 Å². The van der Waals surface area contributed by atoms with Gasteiger partial charge in [0, 0.05) is 11.5 Å². The molecule has 0 aliphatic heterocycles. The van der Waals surface area contributed by atoms with Gasteiger partial charge in [-0.1, -0.05) is 37.3 Å². The van der Waals surface area contributed by atoms with Crippen LogP contribution in [0, 0.1) is 5.92 Å². The first-order valence-electron chi connectivity index (χ1n) is 8.11. The molecule has 1 amide bonds. The summed E-state index contributed by atoms with van der Waals surface area (Å²) in [6, 6.07) is 15.5. The molecule has 0 radical (unpaired) electrons. The fraction of sp³-hybridized carbons (Fsp3) is 0.350. The first-order valence-corrected chi connectivity index (χ1v) is 8.11. The van der Waals surface area contributed by atoms with E-state index in [1.54, 1.807) is 14.2 Å². The highest BCUT2D eigenvalue weighted by molar-refractivity contribution is 5.79. The smallest absolute Gasteiger partial charge is 0.223 e. The summed E-state index contributed by atoms with van der Waals surface area (Å²) >= 11 is 0. The predicted molar refractivity (Wildman–Crippen MR) is 95.4 cm³/mol. The molecule has 128 valence electrons. The van der Waals surface area contributed by atoms with E-state index in [0.717, 1.165) is 22.6 Å². The van der Waals surface area contributed by atoms with Crippen LogP contribution in [-0.2, 0) is 11.2 Å². The molecule has 2 rings (SSSR count). The highest BCUT2D eigenvalue weighted by Crippen LogP contribution is 2.29. The van der Waals surface area contributed by atoms with Gasteiger partial charge in [0.2, 0.25) is 5.91 Å². The van der Waals surface area contributed by atoms with Crippen LogP contribution in [0.3, 0.4) is 0 Å². The molecule has 0 bridgehead atoms. The van der Waals surface area contributed by atoms with Gasteiger partial charge in [0.1, 0.15) is 11.5 Å². The molecule has 0 heterocycles. The van der Waals surface area contributed by atoms with E-state index in [9.17, 15) is 4.79 Å². The SMILES string of the molecule is COc1ccc(OC)c([C@H](C)NC(=O)[C@@H](C)Cc2ccccc2)c1. The lowest BCUT2D eigenvalue weighted by molar-refractivity contribution is -0.125. The van der Waals surface area contributed by atoms with Crippen LogP contribution >= 0.6 is 0 Å². The van der Waals surface area contributed by atoms with Gasteiger partial charge < -0.3 is 14.8 Å². The maximum Gasteiger partial charge on any atom is 0.223 e. The maximum atomic E-state index is 12.5. The van der Waals surface area contributed by atoms with Crippen molar-refractivity contribution < 1.29 is 14.3 Å². The summed E-state index contributed by atoms with van der Waals surface area (Å²) in [7, 11) is 3.24. The number of amides is 1. The summed E-state index contributed by atoms with van der Waals surface area (Å²) in [6.07, 6.45) is 0.717. The van der Waals surface area contributed by atoms with Crippen LogP contribution in [0.5, 0.6) is 11.5 Å². The van der Waals surface area contributed by atoms with Gasteiger partial charge in [-0.3, -0.25) is 4.79 Å². The lowest BCUT2D eigenvalue weighted by atomic mass is 9.99. The Bertz CT molecular complexity index is 670. The van der Waals surface area contributed by atoms with Gasteiger partial charge in [-0.25, -0.2) is 0 Å². The number of hydrogen-bond acceptors (Lipinski definition) is 3. The number of methoxy groups -OCH3 is 2. The molecule has 2 aromatic carbocycles. The molecule has 0 aliphatic rings. The summed E-state index contributed by atoms with van der Waals surface area (Å²) in [5, 5.41) is 3.07. The van der Waals surface area contributed by atoms with Gasteiger partial charge in [-0.15, -0.1) is 0 Å². The summed E-state index contributed by atoms with van der Waals surface area (Å²) < 4.78 is 10.7. The van der Waals surface area contributed by atoms with Crippen molar-refractivity contribution >= 4 is 5.91 Å². The Kier molecular flexibility index (Phi) is 6.24. The fourth-order valence-corrected chi connectivity index (χ4v) is 2.67. The zero-order chi connectivity index (χ0) is 17.5. The molecule has 4 nitrogen and oxygen atoms in total. The van der Waals surface area contributed by atoms with Gasteiger partial charge in [-0.2, -0.15) is 0 Å². The highest BCUT2D eigenvalue weighted by atomic mass is 16.5. The molecule has 0 unspecified atom stereocenters. The van der Waals surface area contributed by atoms with Crippen molar-refractivity contribution in [2.24, 2.45) is 5.92 Å². The maximum absolute atomic E-state index is 12.5. The topological polar surface area (TPSA) is 47.6 Å². The molecule has 0 aliphatic carbocycles. The Morgan fingerprint density at radius 2 is 1.75 bits per heavy atom. The minimum absolute atomic E-state index is 0.0243. The number of nitrogens with one attached hydrogen (secondary N) is 1. The largest absolute Gasteiger partial charge is 0.497 e. The molecule has 0 spiro atoms. The molecule has 0 saturated heterocycles. The van der Waals surface area contributed by atoms with Gasteiger partial charge >= 0.3 is 0 Å². The number of benzene rings is 2. The average molecular weight is 327 g/mol. The minimum Gasteiger partial charge on any atom is -0.497 e. The summed E-state index contributed by atoms with van der Waals surface area (Å²) in [4.78, 5) is 12.5. The van der Waals surface area contributed by atoms with E-state index in [4.69, 9.17) is 9.47 Å². The second-order valence-corrected chi connectivity index (χ2v) is 5.93. The van der Waals surface area contributed by atoms with Crippen molar-refractivity contribution in [1.82, 2.24) is 5.32 Å². The molecule has 24 heavy (non-hydrogen) atoms. The van der Waals surface area contributed by atoms with E-state index in [2.05, 4.69) is 5.32 Å². The molecule has 2 atom stereocenters. The Balaban J connectivity index is 2.05. The molecule has 0 fully saturated rings. The van der Waals surface area contributed by atoms with E-state index in [0.29, 0.717) is 6.42 Å². The standard InChI is InChI=1S/C20H25NO3/c1-14(12-16-8-6-5-7-9-16)20(22)21-15(2)18-13-17(23-3)10-11-19(18)24-4/h5-11,13-15H,12H2,1-4H3,(H,21,22)/t14-,15-/m0/s1. The van der Waals surface area contributed by atoms with Gasteiger partial charge in [0.05, 0.1) is 20.3 Å². The third kappa shape index (κ3) is 4.51. The van der Waals surface area contributed by atoms with Gasteiger partial charge in [-0.05, 0) is 37.1 Å². The van der Waals surface area contributed by atoms with Crippen molar-refractivity contribution in [3.63, 3.8) is 0 Å². The van der Waals surface area contributed by atoms with E-state index in [1.165, 1.54) is 0 Å². The van der Waals surface area contributed by atoms with Crippen molar-refractivity contribution in [1.29, 1.82) is 0 Å².